The maximum atomic E-state index is 6.55. The molecule has 2 aromatic carbocycles. The molecule has 1 aliphatic rings. The first-order valence-electron chi connectivity index (χ1n) is 6.86. The van der Waals surface area contributed by atoms with Gasteiger partial charge in [-0.3, -0.25) is 0 Å². The van der Waals surface area contributed by atoms with Crippen molar-refractivity contribution in [3.05, 3.63) is 64.2 Å². The zero-order chi connectivity index (χ0) is 13.9. The maximum Gasteiger partial charge on any atom is 0.122 e. The fraction of sp³-hybridized carbons (Fsp3) is 0.294. The lowest BCUT2D eigenvalue weighted by Gasteiger charge is -2.19. The third-order valence-electron chi connectivity index (χ3n) is 3.62. The van der Waals surface area contributed by atoms with Crippen LogP contribution in [0.4, 0.5) is 0 Å². The first-order valence-corrected chi connectivity index (χ1v) is 7.68. The monoisotopic (exact) mass is 306 g/mol. The van der Waals surface area contributed by atoms with Gasteiger partial charge in [0.25, 0.3) is 0 Å². The van der Waals surface area contributed by atoms with Crippen LogP contribution in [0.25, 0.3) is 0 Å². The number of hydrogen-bond donors (Lipinski definition) is 0. The molecule has 0 aliphatic carbocycles. The molecule has 3 rings (SSSR count). The van der Waals surface area contributed by atoms with Crippen molar-refractivity contribution in [2.45, 2.75) is 24.6 Å². The molecule has 3 heteroatoms. The molecule has 2 aromatic rings. The number of halogens is 2. The van der Waals surface area contributed by atoms with Gasteiger partial charge in [0.05, 0.1) is 12.0 Å². The number of benzene rings is 2. The van der Waals surface area contributed by atoms with Gasteiger partial charge >= 0.3 is 0 Å². The lowest BCUT2D eigenvalue weighted by atomic mass is 9.99. The quantitative estimate of drug-likeness (QED) is 0.709. The zero-order valence-electron chi connectivity index (χ0n) is 11.1. The summed E-state index contributed by atoms with van der Waals surface area (Å²) in [5.41, 5.74) is 3.63. The van der Waals surface area contributed by atoms with Crippen LogP contribution >= 0.6 is 23.2 Å². The molecule has 0 spiro atoms. The van der Waals surface area contributed by atoms with E-state index in [0.29, 0.717) is 0 Å². The largest absolute Gasteiger partial charge is 0.493 e. The van der Waals surface area contributed by atoms with Crippen LogP contribution in [0, 0.1) is 0 Å². The molecule has 0 bridgehead atoms. The number of aryl methyl sites for hydroxylation is 1. The normalized spacial score (nSPS) is 15.3. The Bertz CT molecular complexity index is 592. The molecular formula is C17H16Cl2O. The minimum Gasteiger partial charge on any atom is -0.493 e. The summed E-state index contributed by atoms with van der Waals surface area (Å²) in [6.07, 6.45) is 2.96. The molecule has 0 fully saturated rings. The standard InChI is InChI=1S/C17H16Cl2O/c18-15-6-3-12(4-7-15)10-16(19)13-5-8-17-14(11-13)2-1-9-20-17/h3-8,11,16H,1-2,9-10H2. The molecule has 1 heterocycles. The van der Waals surface area contributed by atoms with E-state index >= 15 is 0 Å². The Kier molecular flexibility index (Phi) is 4.18. The molecule has 0 saturated heterocycles. The number of rotatable bonds is 3. The van der Waals surface area contributed by atoms with E-state index in [2.05, 4.69) is 12.1 Å². The second kappa shape index (κ2) is 6.07. The second-order valence-corrected chi connectivity index (χ2v) is 6.08. The number of ether oxygens (including phenoxy) is 1. The van der Waals surface area contributed by atoms with E-state index in [4.69, 9.17) is 27.9 Å². The van der Waals surface area contributed by atoms with Crippen LogP contribution in [0.3, 0.4) is 0 Å². The van der Waals surface area contributed by atoms with Gasteiger partial charge in [0.2, 0.25) is 0 Å². The van der Waals surface area contributed by atoms with Crippen LogP contribution in [-0.2, 0) is 12.8 Å². The Morgan fingerprint density at radius 2 is 1.90 bits per heavy atom. The molecular weight excluding hydrogens is 291 g/mol. The van der Waals surface area contributed by atoms with E-state index in [0.717, 1.165) is 42.2 Å². The molecule has 20 heavy (non-hydrogen) atoms. The molecule has 0 aromatic heterocycles. The van der Waals surface area contributed by atoms with Gasteiger partial charge in [-0.15, -0.1) is 11.6 Å². The summed E-state index contributed by atoms with van der Waals surface area (Å²) >= 11 is 12.4. The SMILES string of the molecule is Clc1ccc(CC(Cl)c2ccc3c(c2)CCCO3)cc1. The molecule has 1 nitrogen and oxygen atoms in total. The summed E-state index contributed by atoms with van der Waals surface area (Å²) in [4.78, 5) is 0. The van der Waals surface area contributed by atoms with Crippen molar-refractivity contribution in [3.63, 3.8) is 0 Å². The van der Waals surface area contributed by atoms with E-state index in [9.17, 15) is 0 Å². The Morgan fingerprint density at radius 1 is 1.10 bits per heavy atom. The molecule has 0 amide bonds. The summed E-state index contributed by atoms with van der Waals surface area (Å²) < 4.78 is 5.63. The Balaban J connectivity index is 1.76. The van der Waals surface area contributed by atoms with Gasteiger partial charge in [0.1, 0.15) is 5.75 Å². The highest BCUT2D eigenvalue weighted by molar-refractivity contribution is 6.30. The minimum atomic E-state index is -0.0246. The number of fused-ring (bicyclic) bond motifs is 1. The van der Waals surface area contributed by atoms with E-state index in [1.807, 2.05) is 30.3 Å². The lowest BCUT2D eigenvalue weighted by Crippen LogP contribution is -2.09. The van der Waals surface area contributed by atoms with Crippen LogP contribution in [0.15, 0.2) is 42.5 Å². The third kappa shape index (κ3) is 3.11. The Hall–Kier alpha value is -1.18. The second-order valence-electron chi connectivity index (χ2n) is 5.12. The van der Waals surface area contributed by atoms with Crippen LogP contribution in [0.2, 0.25) is 5.02 Å². The van der Waals surface area contributed by atoms with Crippen molar-refractivity contribution in [1.29, 1.82) is 0 Å². The van der Waals surface area contributed by atoms with Crippen molar-refractivity contribution in [2.24, 2.45) is 0 Å². The topological polar surface area (TPSA) is 9.23 Å². The van der Waals surface area contributed by atoms with Gasteiger partial charge in [0.15, 0.2) is 0 Å². The predicted octanol–water partition coefficient (Wildman–Crippen LogP) is 5.19. The van der Waals surface area contributed by atoms with Crippen LogP contribution in [-0.4, -0.2) is 6.61 Å². The minimum absolute atomic E-state index is 0.0246. The zero-order valence-corrected chi connectivity index (χ0v) is 12.6. The fourth-order valence-electron chi connectivity index (χ4n) is 2.52. The Morgan fingerprint density at radius 3 is 2.70 bits per heavy atom. The van der Waals surface area contributed by atoms with Gasteiger partial charge in [-0.2, -0.15) is 0 Å². The van der Waals surface area contributed by atoms with Crippen LogP contribution in [0.1, 0.15) is 28.5 Å². The van der Waals surface area contributed by atoms with Gasteiger partial charge in [-0.05, 0) is 54.2 Å². The number of alkyl halides is 1. The number of hydrogen-bond acceptors (Lipinski definition) is 1. The highest BCUT2D eigenvalue weighted by atomic mass is 35.5. The Labute approximate surface area is 129 Å². The van der Waals surface area contributed by atoms with Crippen molar-refractivity contribution >= 4 is 23.2 Å². The third-order valence-corrected chi connectivity index (χ3v) is 4.28. The average molecular weight is 307 g/mol. The summed E-state index contributed by atoms with van der Waals surface area (Å²) in [5.74, 6) is 1.01. The molecule has 1 atom stereocenters. The maximum absolute atomic E-state index is 6.55. The van der Waals surface area contributed by atoms with Crippen molar-refractivity contribution in [1.82, 2.24) is 0 Å². The first-order chi connectivity index (χ1) is 9.72. The first kappa shape index (κ1) is 13.8. The van der Waals surface area contributed by atoms with Gasteiger partial charge in [-0.25, -0.2) is 0 Å². The van der Waals surface area contributed by atoms with Gasteiger partial charge < -0.3 is 4.74 Å². The van der Waals surface area contributed by atoms with Crippen molar-refractivity contribution < 1.29 is 4.74 Å². The fourth-order valence-corrected chi connectivity index (χ4v) is 2.96. The van der Waals surface area contributed by atoms with Gasteiger partial charge in [-0.1, -0.05) is 35.9 Å². The highest BCUT2D eigenvalue weighted by Gasteiger charge is 2.14. The molecule has 0 saturated carbocycles. The van der Waals surface area contributed by atoms with Crippen LogP contribution in [0.5, 0.6) is 5.75 Å². The molecule has 0 N–H and O–H groups in total. The predicted molar refractivity (Wildman–Crippen MR) is 84.0 cm³/mol. The van der Waals surface area contributed by atoms with E-state index in [-0.39, 0.29) is 5.38 Å². The summed E-state index contributed by atoms with van der Waals surface area (Å²) in [6.45, 7) is 0.821. The summed E-state index contributed by atoms with van der Waals surface area (Å²) in [6, 6.07) is 14.2. The summed E-state index contributed by atoms with van der Waals surface area (Å²) in [7, 11) is 0. The smallest absolute Gasteiger partial charge is 0.122 e. The van der Waals surface area contributed by atoms with E-state index in [1.54, 1.807) is 0 Å². The van der Waals surface area contributed by atoms with E-state index < -0.39 is 0 Å². The molecule has 1 aliphatic heterocycles. The molecule has 104 valence electrons. The van der Waals surface area contributed by atoms with Crippen LogP contribution < -0.4 is 4.74 Å². The molecule has 1 unspecified atom stereocenters. The summed E-state index contributed by atoms with van der Waals surface area (Å²) in [5, 5.41) is 0.731. The van der Waals surface area contributed by atoms with Gasteiger partial charge in [0, 0.05) is 5.02 Å². The molecule has 0 radical (unpaired) electrons. The highest BCUT2D eigenvalue weighted by Crippen LogP contribution is 2.31. The van der Waals surface area contributed by atoms with E-state index in [1.165, 1.54) is 11.1 Å². The van der Waals surface area contributed by atoms with Crippen molar-refractivity contribution in [2.75, 3.05) is 6.61 Å². The lowest BCUT2D eigenvalue weighted by molar-refractivity contribution is 0.288. The van der Waals surface area contributed by atoms with Crippen molar-refractivity contribution in [3.8, 4) is 5.75 Å². The average Bonchev–Trinajstić information content (AvgIpc) is 2.49.